The maximum Gasteiger partial charge on any atom is 0.389 e. The van der Waals surface area contributed by atoms with Crippen molar-refractivity contribution in [2.24, 2.45) is 0 Å². The summed E-state index contributed by atoms with van der Waals surface area (Å²) in [7, 11) is 0. The van der Waals surface area contributed by atoms with Crippen LogP contribution in [0.5, 0.6) is 0 Å². The summed E-state index contributed by atoms with van der Waals surface area (Å²) in [6.07, 6.45) is -4.67. The van der Waals surface area contributed by atoms with Crippen molar-refractivity contribution < 1.29 is 13.2 Å². The highest BCUT2D eigenvalue weighted by Gasteiger charge is 2.31. The van der Waals surface area contributed by atoms with Crippen LogP contribution in [0.2, 0.25) is 0 Å². The molecule has 1 N–H and O–H groups in total. The summed E-state index contributed by atoms with van der Waals surface area (Å²) in [5.41, 5.74) is 0. The Balaban J connectivity index is 2.08. The zero-order chi connectivity index (χ0) is 13.9. The molecule has 0 radical (unpaired) electrons. The predicted octanol–water partition coefficient (Wildman–Crippen LogP) is 3.80. The zero-order valence-electron chi connectivity index (χ0n) is 10.3. The summed E-state index contributed by atoms with van der Waals surface area (Å²) in [5, 5.41) is 3.23. The first-order valence-electron chi connectivity index (χ1n) is 6.22. The third kappa shape index (κ3) is 4.73. The standard InChI is InChI=1S/C12H16BrF3N2S/c13-11-2-1-10(19-11)9(3-4-12(14,15)16)18-7-5-17-6-8-18/h1-2,9,17H,3-8H2/t9-/m1/s1. The molecule has 0 unspecified atom stereocenters. The van der Waals surface area contributed by atoms with E-state index in [0.29, 0.717) is 0 Å². The minimum Gasteiger partial charge on any atom is -0.314 e. The van der Waals surface area contributed by atoms with Crippen molar-refractivity contribution in [1.82, 2.24) is 10.2 Å². The van der Waals surface area contributed by atoms with Crippen molar-refractivity contribution in [3.05, 3.63) is 20.8 Å². The fourth-order valence-electron chi connectivity index (χ4n) is 2.31. The first-order chi connectivity index (χ1) is 8.96. The smallest absolute Gasteiger partial charge is 0.314 e. The van der Waals surface area contributed by atoms with Gasteiger partial charge in [0.15, 0.2) is 0 Å². The molecule has 1 aromatic heterocycles. The fourth-order valence-corrected chi connectivity index (χ4v) is 3.90. The lowest BCUT2D eigenvalue weighted by molar-refractivity contribution is -0.138. The Labute approximate surface area is 123 Å². The summed E-state index contributed by atoms with van der Waals surface area (Å²) in [6.45, 7) is 3.29. The molecule has 1 saturated heterocycles. The van der Waals surface area contributed by atoms with E-state index in [1.54, 1.807) is 0 Å². The van der Waals surface area contributed by atoms with Crippen LogP contribution in [0, 0.1) is 0 Å². The lowest BCUT2D eigenvalue weighted by atomic mass is 10.1. The fraction of sp³-hybridized carbons (Fsp3) is 0.667. The first kappa shape index (κ1) is 15.3. The maximum atomic E-state index is 12.5. The van der Waals surface area contributed by atoms with Crippen LogP contribution in [0.3, 0.4) is 0 Å². The molecule has 2 nitrogen and oxygen atoms in total. The lowest BCUT2D eigenvalue weighted by Gasteiger charge is -2.34. The molecule has 0 aromatic carbocycles. The van der Waals surface area contributed by atoms with Crippen molar-refractivity contribution >= 4 is 27.3 Å². The zero-order valence-corrected chi connectivity index (χ0v) is 12.7. The third-order valence-electron chi connectivity index (χ3n) is 3.22. The molecular weight excluding hydrogens is 341 g/mol. The predicted molar refractivity (Wildman–Crippen MR) is 74.5 cm³/mol. The number of rotatable bonds is 4. The maximum absolute atomic E-state index is 12.5. The van der Waals surface area contributed by atoms with Gasteiger partial charge in [0.1, 0.15) is 0 Å². The van der Waals surface area contributed by atoms with E-state index in [9.17, 15) is 13.2 Å². The second-order valence-electron chi connectivity index (χ2n) is 4.60. The Kier molecular flexibility index (Phi) is 5.28. The molecule has 0 amide bonds. The number of halogens is 4. The molecule has 1 aliphatic rings. The van der Waals surface area contributed by atoms with Gasteiger partial charge in [0.2, 0.25) is 0 Å². The van der Waals surface area contributed by atoms with Gasteiger partial charge < -0.3 is 5.32 Å². The Morgan fingerprint density at radius 1 is 1.32 bits per heavy atom. The topological polar surface area (TPSA) is 15.3 Å². The Bertz CT molecular complexity index is 402. The van der Waals surface area contributed by atoms with Crippen LogP contribution in [0.1, 0.15) is 23.8 Å². The van der Waals surface area contributed by atoms with Crippen LogP contribution in [-0.2, 0) is 0 Å². The average molecular weight is 357 g/mol. The van der Waals surface area contributed by atoms with E-state index in [1.165, 1.54) is 11.3 Å². The van der Waals surface area contributed by atoms with Gasteiger partial charge in [-0.1, -0.05) is 0 Å². The molecule has 0 aliphatic carbocycles. The van der Waals surface area contributed by atoms with Gasteiger partial charge in [-0.3, -0.25) is 4.90 Å². The summed E-state index contributed by atoms with van der Waals surface area (Å²) < 4.78 is 38.4. The molecule has 1 atom stereocenters. The molecule has 0 spiro atoms. The van der Waals surface area contributed by atoms with Gasteiger partial charge in [-0.05, 0) is 34.5 Å². The largest absolute Gasteiger partial charge is 0.389 e. The number of hydrogen-bond donors (Lipinski definition) is 1. The molecular formula is C12H16BrF3N2S. The summed E-state index contributed by atoms with van der Waals surface area (Å²) in [5.74, 6) is 0. The number of thiophene rings is 1. The van der Waals surface area contributed by atoms with Crippen LogP contribution in [-0.4, -0.2) is 37.3 Å². The monoisotopic (exact) mass is 356 g/mol. The van der Waals surface area contributed by atoms with Gasteiger partial charge in [-0.25, -0.2) is 0 Å². The molecule has 2 rings (SSSR count). The number of alkyl halides is 3. The van der Waals surface area contributed by atoms with Gasteiger partial charge in [-0.2, -0.15) is 13.2 Å². The third-order valence-corrected chi connectivity index (χ3v) is 4.94. The van der Waals surface area contributed by atoms with Gasteiger partial charge in [-0.15, -0.1) is 11.3 Å². The highest BCUT2D eigenvalue weighted by atomic mass is 79.9. The van der Waals surface area contributed by atoms with Crippen LogP contribution in [0.4, 0.5) is 13.2 Å². The highest BCUT2D eigenvalue weighted by molar-refractivity contribution is 9.11. The van der Waals surface area contributed by atoms with Crippen molar-refractivity contribution in [2.45, 2.75) is 25.1 Å². The van der Waals surface area contributed by atoms with Gasteiger partial charge in [0.05, 0.1) is 3.79 Å². The van der Waals surface area contributed by atoms with Crippen molar-refractivity contribution in [3.63, 3.8) is 0 Å². The van der Waals surface area contributed by atoms with E-state index in [2.05, 4.69) is 26.1 Å². The lowest BCUT2D eigenvalue weighted by Crippen LogP contribution is -2.45. The molecule has 1 aromatic rings. The molecule has 1 aliphatic heterocycles. The SMILES string of the molecule is FC(F)(F)CC[C@H](c1ccc(Br)s1)N1CCNCC1. The Morgan fingerprint density at radius 2 is 2.00 bits per heavy atom. The van der Waals surface area contributed by atoms with Crippen LogP contribution < -0.4 is 5.32 Å². The molecule has 0 saturated carbocycles. The summed E-state index contributed by atoms with van der Waals surface area (Å²) >= 11 is 4.91. The van der Waals surface area contributed by atoms with E-state index in [-0.39, 0.29) is 12.5 Å². The Morgan fingerprint density at radius 3 is 2.53 bits per heavy atom. The minimum atomic E-state index is -4.08. The van der Waals surface area contributed by atoms with Crippen molar-refractivity contribution in [1.29, 1.82) is 0 Å². The molecule has 1 fully saturated rings. The van der Waals surface area contributed by atoms with Crippen molar-refractivity contribution in [3.8, 4) is 0 Å². The first-order valence-corrected chi connectivity index (χ1v) is 7.83. The number of hydrogen-bond acceptors (Lipinski definition) is 3. The molecule has 19 heavy (non-hydrogen) atoms. The van der Waals surface area contributed by atoms with Gasteiger partial charge >= 0.3 is 6.18 Å². The summed E-state index contributed by atoms with van der Waals surface area (Å²) in [6, 6.07) is 3.71. The van der Waals surface area contributed by atoms with E-state index in [1.807, 2.05) is 12.1 Å². The van der Waals surface area contributed by atoms with Gasteiger partial charge in [0, 0.05) is 43.5 Å². The quantitative estimate of drug-likeness (QED) is 0.882. The molecule has 2 heterocycles. The summed E-state index contributed by atoms with van der Waals surface area (Å²) in [4.78, 5) is 3.17. The number of nitrogens with zero attached hydrogens (tertiary/aromatic N) is 1. The highest BCUT2D eigenvalue weighted by Crippen LogP contribution is 2.36. The van der Waals surface area contributed by atoms with E-state index < -0.39 is 12.6 Å². The molecule has 108 valence electrons. The van der Waals surface area contributed by atoms with E-state index in [0.717, 1.165) is 34.8 Å². The van der Waals surface area contributed by atoms with Crippen LogP contribution in [0.15, 0.2) is 15.9 Å². The average Bonchev–Trinajstić information content (AvgIpc) is 2.76. The Hall–Kier alpha value is -0.110. The normalized spacial score (nSPS) is 19.6. The van der Waals surface area contributed by atoms with E-state index in [4.69, 9.17) is 0 Å². The van der Waals surface area contributed by atoms with Crippen LogP contribution >= 0.6 is 27.3 Å². The second-order valence-corrected chi connectivity index (χ2v) is 7.09. The van der Waals surface area contributed by atoms with Gasteiger partial charge in [0.25, 0.3) is 0 Å². The van der Waals surface area contributed by atoms with Crippen molar-refractivity contribution in [2.75, 3.05) is 26.2 Å². The number of nitrogens with one attached hydrogen (secondary N) is 1. The number of piperazine rings is 1. The second kappa shape index (κ2) is 6.56. The molecule has 0 bridgehead atoms. The minimum absolute atomic E-state index is 0.125. The van der Waals surface area contributed by atoms with E-state index >= 15 is 0 Å². The van der Waals surface area contributed by atoms with Crippen LogP contribution in [0.25, 0.3) is 0 Å². The molecule has 7 heteroatoms.